The van der Waals surface area contributed by atoms with E-state index in [-0.39, 0.29) is 5.70 Å². The number of urea groups is 1. The summed E-state index contributed by atoms with van der Waals surface area (Å²) in [6.07, 6.45) is 6.75. The fraction of sp³-hybridized carbons (Fsp3) is 0.385. The van der Waals surface area contributed by atoms with Crippen LogP contribution in [0, 0.1) is 0 Å². The Kier molecular flexibility index (Phi) is 3.32. The Morgan fingerprint density at radius 2 is 1.95 bits per heavy atom. The lowest BCUT2D eigenvalue weighted by Crippen LogP contribution is -2.31. The van der Waals surface area contributed by atoms with Crippen LogP contribution < -0.4 is 15.5 Å². The van der Waals surface area contributed by atoms with Crippen LogP contribution in [-0.4, -0.2) is 35.0 Å². The largest absolute Gasteiger partial charge is 0.341 e. The number of piperidine rings is 1. The maximum absolute atomic E-state index is 11.5. The van der Waals surface area contributed by atoms with Crippen LogP contribution in [0.25, 0.3) is 6.08 Å². The van der Waals surface area contributed by atoms with E-state index >= 15 is 0 Å². The molecule has 7 heteroatoms. The van der Waals surface area contributed by atoms with E-state index in [0.29, 0.717) is 11.6 Å². The second-order valence-corrected chi connectivity index (χ2v) is 4.80. The van der Waals surface area contributed by atoms with Gasteiger partial charge in [-0.1, -0.05) is 0 Å². The van der Waals surface area contributed by atoms with Crippen LogP contribution in [0.4, 0.5) is 10.7 Å². The number of anilines is 1. The van der Waals surface area contributed by atoms with E-state index < -0.39 is 11.9 Å². The van der Waals surface area contributed by atoms with Crippen LogP contribution in [0.1, 0.15) is 25.0 Å². The van der Waals surface area contributed by atoms with Gasteiger partial charge >= 0.3 is 6.03 Å². The first-order valence-electron chi connectivity index (χ1n) is 6.64. The molecule has 2 saturated heterocycles. The Morgan fingerprint density at radius 1 is 1.15 bits per heavy atom. The van der Waals surface area contributed by atoms with Crippen molar-refractivity contribution in [3.8, 4) is 0 Å². The average Bonchev–Trinajstić information content (AvgIpc) is 2.78. The predicted octanol–water partition coefficient (Wildman–Crippen LogP) is 0.647. The molecule has 1 aromatic rings. The Morgan fingerprint density at radius 3 is 2.65 bits per heavy atom. The molecule has 0 saturated carbocycles. The Balaban J connectivity index is 1.82. The maximum Gasteiger partial charge on any atom is 0.326 e. The van der Waals surface area contributed by atoms with Gasteiger partial charge in [-0.3, -0.25) is 10.1 Å². The molecule has 1 aromatic heterocycles. The van der Waals surface area contributed by atoms with Gasteiger partial charge in [-0.25, -0.2) is 14.8 Å². The molecule has 20 heavy (non-hydrogen) atoms. The summed E-state index contributed by atoms with van der Waals surface area (Å²) in [5.41, 5.74) is 0.811. The Bertz CT molecular complexity index is 578. The summed E-state index contributed by atoms with van der Waals surface area (Å²) in [5, 5.41) is 4.59. The van der Waals surface area contributed by atoms with Crippen LogP contribution in [0.2, 0.25) is 0 Å². The molecule has 3 amide bonds. The number of imide groups is 1. The molecule has 104 valence electrons. The lowest BCUT2D eigenvalue weighted by molar-refractivity contribution is -0.115. The van der Waals surface area contributed by atoms with Gasteiger partial charge in [-0.15, -0.1) is 0 Å². The van der Waals surface area contributed by atoms with Crippen molar-refractivity contribution in [2.24, 2.45) is 0 Å². The van der Waals surface area contributed by atoms with Crippen molar-refractivity contribution in [2.75, 3.05) is 18.0 Å². The fourth-order valence-corrected chi connectivity index (χ4v) is 2.32. The zero-order chi connectivity index (χ0) is 13.9. The van der Waals surface area contributed by atoms with Crippen molar-refractivity contribution in [1.82, 2.24) is 20.6 Å². The Hall–Kier alpha value is -2.44. The van der Waals surface area contributed by atoms with Gasteiger partial charge in [0.1, 0.15) is 5.70 Å². The number of hydrogen-bond donors (Lipinski definition) is 2. The smallest absolute Gasteiger partial charge is 0.326 e. The molecule has 2 aliphatic rings. The van der Waals surface area contributed by atoms with Gasteiger partial charge in [0, 0.05) is 19.3 Å². The minimum Gasteiger partial charge on any atom is -0.341 e. The number of carbonyl (C=O) groups is 2. The summed E-state index contributed by atoms with van der Waals surface area (Å²) in [5.74, 6) is 0.233. The number of rotatable bonds is 2. The lowest BCUT2D eigenvalue weighted by atomic mass is 10.1. The first kappa shape index (κ1) is 12.6. The molecular weight excluding hydrogens is 258 g/mol. The van der Waals surface area contributed by atoms with E-state index in [0.717, 1.165) is 25.9 Å². The molecule has 3 rings (SSSR count). The summed E-state index contributed by atoms with van der Waals surface area (Å²) >= 11 is 0. The van der Waals surface area contributed by atoms with Gasteiger partial charge in [0.15, 0.2) is 0 Å². The van der Waals surface area contributed by atoms with Crippen LogP contribution in [0.3, 0.4) is 0 Å². The third-order valence-electron chi connectivity index (χ3n) is 3.32. The van der Waals surface area contributed by atoms with Crippen LogP contribution in [0.5, 0.6) is 0 Å². The third kappa shape index (κ3) is 2.61. The van der Waals surface area contributed by atoms with Gasteiger partial charge in [0.25, 0.3) is 5.91 Å². The molecule has 2 N–H and O–H groups in total. The molecule has 7 nitrogen and oxygen atoms in total. The van der Waals surface area contributed by atoms with Gasteiger partial charge in [0.2, 0.25) is 5.95 Å². The Labute approximate surface area is 116 Å². The maximum atomic E-state index is 11.5. The highest BCUT2D eigenvalue weighted by molar-refractivity contribution is 6.13. The lowest BCUT2D eigenvalue weighted by Gasteiger charge is -2.26. The average molecular weight is 273 g/mol. The van der Waals surface area contributed by atoms with Gasteiger partial charge in [-0.2, -0.15) is 0 Å². The third-order valence-corrected chi connectivity index (χ3v) is 3.32. The summed E-state index contributed by atoms with van der Waals surface area (Å²) in [7, 11) is 0. The zero-order valence-electron chi connectivity index (χ0n) is 10.9. The fourth-order valence-electron chi connectivity index (χ4n) is 2.32. The highest BCUT2D eigenvalue weighted by atomic mass is 16.2. The number of amides is 3. The molecule has 0 aromatic carbocycles. The topological polar surface area (TPSA) is 87.2 Å². The quantitative estimate of drug-likeness (QED) is 0.610. The molecule has 2 fully saturated rings. The number of nitrogens with one attached hydrogen (secondary N) is 2. The highest BCUT2D eigenvalue weighted by Gasteiger charge is 2.23. The van der Waals surface area contributed by atoms with Gasteiger partial charge in [-0.05, 0) is 31.4 Å². The number of carbonyl (C=O) groups excluding carboxylic acids is 2. The number of nitrogens with zero attached hydrogens (tertiary/aromatic N) is 3. The van der Waals surface area contributed by atoms with E-state index in [1.165, 1.54) is 6.42 Å². The standard InChI is InChI=1S/C13H15N5O2/c19-11-10(16-13(20)17-11)8-9-4-5-14-12(15-9)18-6-2-1-3-7-18/h4-5,8H,1-3,6-7H2,(H2,16,17,19,20)/b10-8+. The van der Waals surface area contributed by atoms with Crippen molar-refractivity contribution in [2.45, 2.75) is 19.3 Å². The SMILES string of the molecule is O=C1NC(=O)/C(=C\c2ccnc(N3CCCCC3)n2)N1. The van der Waals surface area contributed by atoms with Crippen molar-refractivity contribution < 1.29 is 9.59 Å². The highest BCUT2D eigenvalue weighted by Crippen LogP contribution is 2.16. The van der Waals surface area contributed by atoms with Gasteiger partial charge in [0.05, 0.1) is 5.69 Å². The van der Waals surface area contributed by atoms with Crippen molar-refractivity contribution in [3.05, 3.63) is 23.7 Å². The first-order valence-corrected chi connectivity index (χ1v) is 6.64. The second kappa shape index (κ2) is 5.28. The second-order valence-electron chi connectivity index (χ2n) is 4.80. The molecule has 0 radical (unpaired) electrons. The molecule has 0 spiro atoms. The van der Waals surface area contributed by atoms with E-state index in [2.05, 4.69) is 25.5 Å². The van der Waals surface area contributed by atoms with Crippen LogP contribution in [0.15, 0.2) is 18.0 Å². The van der Waals surface area contributed by atoms with Crippen molar-refractivity contribution in [3.63, 3.8) is 0 Å². The molecule has 2 aliphatic heterocycles. The predicted molar refractivity (Wildman–Crippen MR) is 72.7 cm³/mol. The molecule has 0 atom stereocenters. The monoisotopic (exact) mass is 273 g/mol. The van der Waals surface area contributed by atoms with E-state index in [1.807, 2.05) is 0 Å². The van der Waals surface area contributed by atoms with Crippen LogP contribution >= 0.6 is 0 Å². The van der Waals surface area contributed by atoms with E-state index in [9.17, 15) is 9.59 Å². The summed E-state index contributed by atoms with van der Waals surface area (Å²) in [6.45, 7) is 1.91. The summed E-state index contributed by atoms with van der Waals surface area (Å²) < 4.78 is 0. The first-order chi connectivity index (χ1) is 9.72. The molecule has 3 heterocycles. The molecule has 0 unspecified atom stereocenters. The van der Waals surface area contributed by atoms with Crippen molar-refractivity contribution >= 4 is 24.0 Å². The van der Waals surface area contributed by atoms with Gasteiger partial charge < -0.3 is 10.2 Å². The normalized spacial score (nSPS) is 21.0. The van der Waals surface area contributed by atoms with E-state index in [4.69, 9.17) is 0 Å². The summed E-state index contributed by atoms with van der Waals surface area (Å²) in [4.78, 5) is 33.3. The minimum atomic E-state index is -0.508. The zero-order valence-corrected chi connectivity index (χ0v) is 10.9. The van der Waals surface area contributed by atoms with E-state index in [1.54, 1.807) is 18.3 Å². The molecule has 0 bridgehead atoms. The van der Waals surface area contributed by atoms with Crippen molar-refractivity contribution in [1.29, 1.82) is 0 Å². The number of hydrogen-bond acceptors (Lipinski definition) is 5. The summed E-state index contributed by atoms with van der Waals surface area (Å²) in [6, 6.07) is 1.20. The molecule has 0 aliphatic carbocycles. The minimum absolute atomic E-state index is 0.207. The van der Waals surface area contributed by atoms with Crippen LogP contribution in [-0.2, 0) is 4.79 Å². The molecular formula is C13H15N5O2. The number of aromatic nitrogens is 2.